The molecule has 0 spiro atoms. The van der Waals surface area contributed by atoms with Crippen molar-refractivity contribution in [1.29, 1.82) is 0 Å². The molecule has 0 saturated carbocycles. The van der Waals surface area contributed by atoms with Crippen LogP contribution < -0.4 is 11.4 Å². The van der Waals surface area contributed by atoms with Crippen LogP contribution in [0.1, 0.15) is 24.5 Å². The van der Waals surface area contributed by atoms with Crippen LogP contribution in [0, 0.1) is 0 Å². The first-order valence-corrected chi connectivity index (χ1v) is 6.43. The minimum absolute atomic E-state index is 0.0508. The molecule has 2 N–H and O–H groups in total. The van der Waals surface area contributed by atoms with Gasteiger partial charge in [-0.05, 0) is 24.1 Å². The molecule has 0 saturated heterocycles. The summed E-state index contributed by atoms with van der Waals surface area (Å²) in [6.45, 7) is 1.89. The zero-order valence-corrected chi connectivity index (χ0v) is 11.3. The second kappa shape index (κ2) is 5.63. The van der Waals surface area contributed by atoms with Gasteiger partial charge in [0.1, 0.15) is 11.4 Å². The molecule has 2 rings (SSSR count). The third-order valence-electron chi connectivity index (χ3n) is 3.09. The molecule has 0 unspecified atom stereocenters. The Morgan fingerprint density at radius 1 is 1.24 bits per heavy atom. The van der Waals surface area contributed by atoms with Crippen LogP contribution in [0.15, 0.2) is 39.5 Å². The van der Waals surface area contributed by atoms with Gasteiger partial charge in [0.25, 0.3) is 0 Å². The van der Waals surface area contributed by atoms with E-state index in [9.17, 15) is 18.0 Å². The Morgan fingerprint density at radius 3 is 2.52 bits per heavy atom. The van der Waals surface area contributed by atoms with E-state index < -0.39 is 17.4 Å². The first kappa shape index (κ1) is 15.2. The molecule has 0 amide bonds. The van der Waals surface area contributed by atoms with Crippen molar-refractivity contribution in [2.24, 2.45) is 0 Å². The topological polar surface area (TPSA) is 56.2 Å². The Morgan fingerprint density at radius 2 is 1.90 bits per heavy atom. The van der Waals surface area contributed by atoms with E-state index in [1.54, 1.807) is 0 Å². The Balaban J connectivity index is 2.66. The van der Waals surface area contributed by atoms with Gasteiger partial charge in [-0.2, -0.15) is 13.2 Å². The first-order valence-electron chi connectivity index (χ1n) is 6.43. The standard InChI is InChI=1S/C15H14F3NO2/c1-2-5-9-8-12(21-14(20)13(9)19)10-6-3-4-7-11(10)15(16,17)18/h3-4,6-8H,2,5,19H2,1H3. The molecule has 1 heterocycles. The number of alkyl halides is 3. The van der Waals surface area contributed by atoms with E-state index in [0.29, 0.717) is 18.4 Å². The maximum atomic E-state index is 13.0. The second-order valence-corrected chi connectivity index (χ2v) is 4.63. The molecule has 6 heteroatoms. The summed E-state index contributed by atoms with van der Waals surface area (Å²) in [5, 5.41) is 0. The number of anilines is 1. The normalized spacial score (nSPS) is 11.6. The molecule has 0 atom stereocenters. The molecule has 0 aliphatic heterocycles. The van der Waals surface area contributed by atoms with Crippen molar-refractivity contribution in [1.82, 2.24) is 0 Å². The van der Waals surface area contributed by atoms with Crippen LogP contribution in [0.2, 0.25) is 0 Å². The molecule has 1 aromatic carbocycles. The number of hydrogen-bond donors (Lipinski definition) is 1. The molecule has 0 aliphatic carbocycles. The third kappa shape index (κ3) is 3.09. The fourth-order valence-corrected chi connectivity index (χ4v) is 2.11. The average Bonchev–Trinajstić information content (AvgIpc) is 2.43. The average molecular weight is 297 g/mol. The third-order valence-corrected chi connectivity index (χ3v) is 3.09. The first-order chi connectivity index (χ1) is 9.84. The number of nitrogens with two attached hydrogens (primary N) is 1. The lowest BCUT2D eigenvalue weighted by atomic mass is 10.0. The molecule has 0 bridgehead atoms. The van der Waals surface area contributed by atoms with Gasteiger partial charge in [-0.25, -0.2) is 4.79 Å². The largest absolute Gasteiger partial charge is 0.421 e. The van der Waals surface area contributed by atoms with Gasteiger partial charge in [-0.3, -0.25) is 0 Å². The summed E-state index contributed by atoms with van der Waals surface area (Å²) in [6, 6.07) is 6.37. The van der Waals surface area contributed by atoms with E-state index in [2.05, 4.69) is 0 Å². The van der Waals surface area contributed by atoms with Crippen molar-refractivity contribution in [3.63, 3.8) is 0 Å². The maximum Gasteiger partial charge on any atom is 0.417 e. The van der Waals surface area contributed by atoms with Gasteiger partial charge >= 0.3 is 11.8 Å². The zero-order valence-electron chi connectivity index (χ0n) is 11.3. The number of nitrogen functional groups attached to an aromatic ring is 1. The Hall–Kier alpha value is -2.24. The van der Waals surface area contributed by atoms with Crippen molar-refractivity contribution >= 4 is 5.69 Å². The van der Waals surface area contributed by atoms with E-state index in [1.807, 2.05) is 6.92 Å². The van der Waals surface area contributed by atoms with E-state index in [0.717, 1.165) is 6.07 Å². The summed E-state index contributed by atoms with van der Waals surface area (Å²) in [7, 11) is 0. The summed E-state index contributed by atoms with van der Waals surface area (Å²) in [5.41, 5.74) is 4.23. The summed E-state index contributed by atoms with van der Waals surface area (Å²) in [6.07, 6.45) is -3.31. The minimum atomic E-state index is -4.53. The van der Waals surface area contributed by atoms with E-state index >= 15 is 0 Å². The summed E-state index contributed by atoms with van der Waals surface area (Å²) in [5.74, 6) is -0.120. The maximum absolute atomic E-state index is 13.0. The van der Waals surface area contributed by atoms with Crippen LogP contribution in [0.5, 0.6) is 0 Å². The SMILES string of the molecule is CCCc1cc(-c2ccccc2C(F)(F)F)oc(=O)c1N. The molecular weight excluding hydrogens is 283 g/mol. The van der Waals surface area contributed by atoms with Crippen molar-refractivity contribution in [2.45, 2.75) is 25.9 Å². The smallest absolute Gasteiger partial charge is 0.417 e. The van der Waals surface area contributed by atoms with Crippen molar-refractivity contribution in [3.8, 4) is 11.3 Å². The molecule has 3 nitrogen and oxygen atoms in total. The highest BCUT2D eigenvalue weighted by Crippen LogP contribution is 2.37. The van der Waals surface area contributed by atoms with Crippen LogP contribution in [-0.4, -0.2) is 0 Å². The van der Waals surface area contributed by atoms with Crippen molar-refractivity contribution < 1.29 is 17.6 Å². The Bertz CT molecular complexity index is 705. The number of rotatable bonds is 3. The van der Waals surface area contributed by atoms with Crippen LogP contribution in [0.3, 0.4) is 0 Å². The summed E-state index contributed by atoms with van der Waals surface area (Å²) < 4.78 is 44.0. The molecule has 0 radical (unpaired) electrons. The number of halogens is 3. The van der Waals surface area contributed by atoms with Crippen molar-refractivity contribution in [2.75, 3.05) is 5.73 Å². The van der Waals surface area contributed by atoms with Gasteiger partial charge < -0.3 is 10.2 Å². The fraction of sp³-hybridized carbons (Fsp3) is 0.267. The number of aryl methyl sites for hydroxylation is 1. The van der Waals surface area contributed by atoms with Crippen molar-refractivity contribution in [3.05, 3.63) is 51.9 Å². The summed E-state index contributed by atoms with van der Waals surface area (Å²) >= 11 is 0. The second-order valence-electron chi connectivity index (χ2n) is 4.63. The molecular formula is C15H14F3NO2. The highest BCUT2D eigenvalue weighted by atomic mass is 19.4. The zero-order chi connectivity index (χ0) is 15.6. The summed E-state index contributed by atoms with van der Waals surface area (Å²) in [4.78, 5) is 11.7. The lowest BCUT2D eigenvalue weighted by Gasteiger charge is -2.13. The Kier molecular flexibility index (Phi) is 4.06. The van der Waals surface area contributed by atoms with Crippen LogP contribution in [0.4, 0.5) is 18.9 Å². The van der Waals surface area contributed by atoms with Crippen LogP contribution >= 0.6 is 0 Å². The monoisotopic (exact) mass is 297 g/mol. The van der Waals surface area contributed by atoms with Gasteiger partial charge in [0.15, 0.2) is 0 Å². The van der Waals surface area contributed by atoms with Gasteiger partial charge in [0, 0.05) is 5.56 Å². The van der Waals surface area contributed by atoms with Gasteiger partial charge in [-0.1, -0.05) is 31.5 Å². The Labute approximate surface area is 119 Å². The van der Waals surface area contributed by atoms with Gasteiger partial charge in [-0.15, -0.1) is 0 Å². The van der Waals surface area contributed by atoms with Crippen LogP contribution in [-0.2, 0) is 12.6 Å². The van der Waals surface area contributed by atoms with Gasteiger partial charge in [0.2, 0.25) is 0 Å². The molecule has 1 aromatic heterocycles. The van der Waals surface area contributed by atoms with Crippen LogP contribution in [0.25, 0.3) is 11.3 Å². The van der Waals surface area contributed by atoms with E-state index in [1.165, 1.54) is 24.3 Å². The molecule has 21 heavy (non-hydrogen) atoms. The molecule has 112 valence electrons. The predicted octanol–water partition coefficient (Wildman–Crippen LogP) is 3.86. The molecule has 0 aliphatic rings. The predicted molar refractivity (Wildman–Crippen MR) is 73.8 cm³/mol. The lowest BCUT2D eigenvalue weighted by Crippen LogP contribution is -2.12. The number of benzene rings is 1. The quantitative estimate of drug-likeness (QED) is 0.936. The van der Waals surface area contributed by atoms with E-state index in [4.69, 9.17) is 10.2 Å². The molecule has 0 fully saturated rings. The lowest BCUT2D eigenvalue weighted by molar-refractivity contribution is -0.137. The highest BCUT2D eigenvalue weighted by Gasteiger charge is 2.34. The van der Waals surface area contributed by atoms with Gasteiger partial charge in [0.05, 0.1) is 5.56 Å². The highest BCUT2D eigenvalue weighted by molar-refractivity contribution is 5.65. The minimum Gasteiger partial charge on any atom is -0.421 e. The molecule has 2 aromatic rings. The number of hydrogen-bond acceptors (Lipinski definition) is 3. The fourth-order valence-electron chi connectivity index (χ4n) is 2.11. The van der Waals surface area contributed by atoms with E-state index in [-0.39, 0.29) is 17.0 Å².